The highest BCUT2D eigenvalue weighted by molar-refractivity contribution is 7.09. The lowest BCUT2D eigenvalue weighted by molar-refractivity contribution is 0.200. The van der Waals surface area contributed by atoms with Crippen LogP contribution in [0.2, 0.25) is 0 Å². The summed E-state index contributed by atoms with van der Waals surface area (Å²) in [6.07, 6.45) is 1.14. The van der Waals surface area contributed by atoms with Crippen LogP contribution >= 0.6 is 11.3 Å². The summed E-state index contributed by atoms with van der Waals surface area (Å²) in [5.74, 6) is 1.25. The Kier molecular flexibility index (Phi) is 6.03. The highest BCUT2D eigenvalue weighted by atomic mass is 32.1. The third kappa shape index (κ3) is 4.95. The van der Waals surface area contributed by atoms with E-state index in [4.69, 9.17) is 4.74 Å². The van der Waals surface area contributed by atoms with E-state index in [0.717, 1.165) is 27.6 Å². The smallest absolute Gasteiger partial charge is 0.410 e. The number of hydrogen-bond donors (Lipinski definition) is 1. The molecule has 31 heavy (non-hydrogen) atoms. The Morgan fingerprint density at radius 3 is 2.68 bits per heavy atom. The van der Waals surface area contributed by atoms with E-state index < -0.39 is 6.09 Å². The molecule has 2 aromatic carbocycles. The molecule has 2 heterocycles. The van der Waals surface area contributed by atoms with Gasteiger partial charge in [-0.1, -0.05) is 43.7 Å². The van der Waals surface area contributed by atoms with Gasteiger partial charge in [-0.15, -0.1) is 16.4 Å². The van der Waals surface area contributed by atoms with Crippen molar-refractivity contribution >= 4 is 17.4 Å². The number of aryl methyl sites for hydroxylation is 1. The van der Waals surface area contributed by atoms with E-state index in [2.05, 4.69) is 25.8 Å². The van der Waals surface area contributed by atoms with Crippen LogP contribution in [0.1, 0.15) is 36.2 Å². The Morgan fingerprint density at radius 1 is 1.16 bits per heavy atom. The quantitative estimate of drug-likeness (QED) is 0.480. The molecule has 0 unspecified atom stereocenters. The normalized spacial score (nSPS) is 11.0. The van der Waals surface area contributed by atoms with Crippen LogP contribution in [0.4, 0.5) is 4.79 Å². The van der Waals surface area contributed by atoms with Crippen molar-refractivity contribution in [2.45, 2.75) is 33.2 Å². The van der Waals surface area contributed by atoms with E-state index in [9.17, 15) is 4.79 Å². The number of rotatable bonds is 6. The monoisotopic (exact) mass is 434 g/mol. The van der Waals surface area contributed by atoms with Crippen molar-refractivity contribution in [3.8, 4) is 22.6 Å². The first-order valence-electron chi connectivity index (χ1n) is 9.84. The van der Waals surface area contributed by atoms with Crippen LogP contribution in [0.15, 0.2) is 54.0 Å². The van der Waals surface area contributed by atoms with Crippen LogP contribution in [-0.2, 0) is 6.54 Å². The van der Waals surface area contributed by atoms with E-state index in [1.165, 1.54) is 16.9 Å². The molecule has 8 nitrogen and oxygen atoms in total. The number of carbonyl (C=O) groups is 1. The van der Waals surface area contributed by atoms with Gasteiger partial charge in [-0.25, -0.2) is 9.78 Å². The van der Waals surface area contributed by atoms with Gasteiger partial charge in [-0.05, 0) is 40.6 Å². The summed E-state index contributed by atoms with van der Waals surface area (Å²) in [7, 11) is 0. The molecule has 0 atom stereocenters. The molecule has 158 valence electrons. The number of benzene rings is 2. The maximum atomic E-state index is 12.4. The highest BCUT2D eigenvalue weighted by Crippen LogP contribution is 2.29. The van der Waals surface area contributed by atoms with Crippen LogP contribution < -0.4 is 10.1 Å². The van der Waals surface area contributed by atoms with E-state index in [0.29, 0.717) is 12.3 Å². The summed E-state index contributed by atoms with van der Waals surface area (Å²) in [5, 5.41) is 17.5. The zero-order valence-electron chi connectivity index (χ0n) is 17.4. The molecular weight excluding hydrogens is 412 g/mol. The van der Waals surface area contributed by atoms with Crippen LogP contribution in [-0.4, -0.2) is 31.3 Å². The Morgan fingerprint density at radius 2 is 1.97 bits per heavy atom. The zero-order chi connectivity index (χ0) is 21.8. The Hall–Kier alpha value is -3.59. The van der Waals surface area contributed by atoms with Crippen molar-refractivity contribution in [2.24, 2.45) is 0 Å². The van der Waals surface area contributed by atoms with Gasteiger partial charge < -0.3 is 10.1 Å². The minimum atomic E-state index is -0.553. The summed E-state index contributed by atoms with van der Waals surface area (Å²) in [4.78, 5) is 16.5. The van der Waals surface area contributed by atoms with Crippen LogP contribution in [0, 0.1) is 6.92 Å². The lowest BCUT2D eigenvalue weighted by atomic mass is 10.0. The van der Waals surface area contributed by atoms with Crippen molar-refractivity contribution in [1.29, 1.82) is 0 Å². The van der Waals surface area contributed by atoms with Gasteiger partial charge in [0.2, 0.25) is 0 Å². The molecule has 0 saturated heterocycles. The molecule has 1 N–H and O–H groups in total. The van der Waals surface area contributed by atoms with Crippen LogP contribution in [0.25, 0.3) is 16.8 Å². The first kappa shape index (κ1) is 20.7. The number of aromatic nitrogens is 5. The molecule has 0 bridgehead atoms. The second kappa shape index (κ2) is 9.05. The number of nitrogens with zero attached hydrogens (tertiary/aromatic N) is 5. The third-order valence-electron chi connectivity index (χ3n) is 4.61. The Bertz CT molecular complexity index is 1170. The van der Waals surface area contributed by atoms with Crippen molar-refractivity contribution in [3.05, 3.63) is 70.4 Å². The second-order valence-electron chi connectivity index (χ2n) is 7.35. The molecule has 0 fully saturated rings. The Labute approximate surface area is 183 Å². The summed E-state index contributed by atoms with van der Waals surface area (Å²) in [5.41, 5.74) is 3.78. The molecule has 9 heteroatoms. The predicted octanol–water partition coefficient (Wildman–Crippen LogP) is 4.51. The van der Waals surface area contributed by atoms with E-state index in [1.54, 1.807) is 16.9 Å². The highest BCUT2D eigenvalue weighted by Gasteiger charge is 2.15. The van der Waals surface area contributed by atoms with Crippen LogP contribution in [0.5, 0.6) is 5.75 Å². The molecule has 2 aromatic heterocycles. The van der Waals surface area contributed by atoms with Crippen LogP contribution in [0.3, 0.4) is 0 Å². The molecule has 0 spiro atoms. The van der Waals surface area contributed by atoms with Crippen molar-refractivity contribution in [2.75, 3.05) is 0 Å². The molecule has 0 aliphatic rings. The number of tetrazole rings is 1. The number of thiazole rings is 1. The van der Waals surface area contributed by atoms with E-state index in [1.807, 2.05) is 62.5 Å². The first-order chi connectivity index (χ1) is 15.0. The van der Waals surface area contributed by atoms with Gasteiger partial charge in [0.1, 0.15) is 10.8 Å². The summed E-state index contributed by atoms with van der Waals surface area (Å²) >= 11 is 1.47. The average molecular weight is 435 g/mol. The van der Waals surface area contributed by atoms with Gasteiger partial charge >= 0.3 is 6.09 Å². The molecule has 0 aliphatic carbocycles. The second-order valence-corrected chi connectivity index (χ2v) is 8.33. The topological polar surface area (TPSA) is 94.8 Å². The predicted molar refractivity (Wildman–Crippen MR) is 118 cm³/mol. The minimum absolute atomic E-state index is 0.129. The fourth-order valence-electron chi connectivity index (χ4n) is 3.05. The lowest BCUT2D eigenvalue weighted by Crippen LogP contribution is -2.26. The molecular formula is C22H22N6O2S. The van der Waals surface area contributed by atoms with Gasteiger partial charge in [0.25, 0.3) is 0 Å². The number of hydrogen-bond acceptors (Lipinski definition) is 7. The molecule has 4 aromatic rings. The van der Waals surface area contributed by atoms with Gasteiger partial charge in [0.15, 0.2) is 5.82 Å². The van der Waals surface area contributed by atoms with Gasteiger partial charge in [0.05, 0.1) is 12.2 Å². The van der Waals surface area contributed by atoms with Crippen molar-refractivity contribution < 1.29 is 9.53 Å². The van der Waals surface area contributed by atoms with Crippen molar-refractivity contribution in [1.82, 2.24) is 30.5 Å². The largest absolute Gasteiger partial charge is 0.412 e. The van der Waals surface area contributed by atoms with Gasteiger partial charge in [-0.3, -0.25) is 0 Å². The van der Waals surface area contributed by atoms with E-state index in [-0.39, 0.29) is 5.92 Å². The minimum Gasteiger partial charge on any atom is -0.410 e. The standard InChI is InChI=1S/C22H22N6O2S/c1-14(2)21-25-26-27-28(21)18-10-17(16-6-4-15(3)5-7-16)11-19(12-18)30-22(29)24-13-20-23-8-9-31-20/h4-12,14H,13H2,1-3H3,(H,24,29). The zero-order valence-corrected chi connectivity index (χ0v) is 18.3. The van der Waals surface area contributed by atoms with E-state index >= 15 is 0 Å². The fourth-order valence-corrected chi connectivity index (χ4v) is 3.60. The number of ether oxygens (including phenoxy) is 1. The number of amides is 1. The maximum absolute atomic E-state index is 12.4. The number of carbonyl (C=O) groups excluding carboxylic acids is 1. The number of nitrogens with one attached hydrogen (secondary N) is 1. The Balaban J connectivity index is 1.66. The third-order valence-corrected chi connectivity index (χ3v) is 5.39. The molecule has 0 aliphatic heterocycles. The van der Waals surface area contributed by atoms with Gasteiger partial charge in [0, 0.05) is 23.6 Å². The SMILES string of the molecule is Cc1ccc(-c2cc(OC(=O)NCc3nccs3)cc(-n3nnnc3C(C)C)c2)cc1. The van der Waals surface area contributed by atoms with Crippen molar-refractivity contribution in [3.63, 3.8) is 0 Å². The molecule has 1 amide bonds. The first-order valence-corrected chi connectivity index (χ1v) is 10.7. The molecule has 4 rings (SSSR count). The molecule has 0 radical (unpaired) electrons. The maximum Gasteiger partial charge on any atom is 0.412 e. The average Bonchev–Trinajstić information content (AvgIpc) is 3.44. The molecule has 0 saturated carbocycles. The lowest BCUT2D eigenvalue weighted by Gasteiger charge is -2.13. The summed E-state index contributed by atoms with van der Waals surface area (Å²) < 4.78 is 7.25. The summed E-state index contributed by atoms with van der Waals surface area (Å²) in [6, 6.07) is 13.7. The van der Waals surface area contributed by atoms with Gasteiger partial charge in [-0.2, -0.15) is 4.68 Å². The summed E-state index contributed by atoms with van der Waals surface area (Å²) in [6.45, 7) is 6.40. The fraction of sp³-hybridized carbons (Fsp3) is 0.227.